The number of anilines is 2. The van der Waals surface area contributed by atoms with Gasteiger partial charge < -0.3 is 15.0 Å². The largest absolute Gasteiger partial charge is 0.470 e. The van der Waals surface area contributed by atoms with Crippen molar-refractivity contribution in [2.24, 2.45) is 0 Å². The fourth-order valence-electron chi connectivity index (χ4n) is 3.79. The van der Waals surface area contributed by atoms with Crippen LogP contribution in [0.2, 0.25) is 5.02 Å². The molecule has 1 unspecified atom stereocenters. The standard InChI is InChI=1S/C25H27ClN4O/c1-17-24(29-19(3)31-18(2)23-8-4-5-13-27-23)16-22(26)25(28-17)20-9-11-21(12-10-20)30-14-6-7-15-30/h4-5,8-13,16,18,29H,3,6-7,14-15H2,1-2H3. The van der Waals surface area contributed by atoms with Gasteiger partial charge in [0, 0.05) is 30.5 Å². The summed E-state index contributed by atoms with van der Waals surface area (Å²) in [4.78, 5) is 11.5. The van der Waals surface area contributed by atoms with Crippen LogP contribution in [0.5, 0.6) is 0 Å². The van der Waals surface area contributed by atoms with Crippen LogP contribution in [0.1, 0.15) is 37.3 Å². The van der Waals surface area contributed by atoms with E-state index in [0.29, 0.717) is 10.9 Å². The average molecular weight is 435 g/mol. The third-order valence-electron chi connectivity index (χ3n) is 5.48. The van der Waals surface area contributed by atoms with Crippen molar-refractivity contribution in [1.82, 2.24) is 9.97 Å². The Balaban J connectivity index is 1.46. The fourth-order valence-corrected chi connectivity index (χ4v) is 4.05. The second kappa shape index (κ2) is 9.40. The summed E-state index contributed by atoms with van der Waals surface area (Å²) < 4.78 is 5.87. The third kappa shape index (κ3) is 5.00. The highest BCUT2D eigenvalue weighted by molar-refractivity contribution is 6.33. The normalized spacial score (nSPS) is 14.4. The number of aryl methyl sites for hydroxylation is 1. The summed E-state index contributed by atoms with van der Waals surface area (Å²) in [7, 11) is 0. The van der Waals surface area contributed by atoms with Crippen molar-refractivity contribution in [2.45, 2.75) is 32.8 Å². The van der Waals surface area contributed by atoms with Crippen molar-refractivity contribution >= 4 is 23.0 Å². The number of ether oxygens (including phenoxy) is 1. The molecule has 6 heteroatoms. The Morgan fingerprint density at radius 2 is 1.90 bits per heavy atom. The molecule has 5 nitrogen and oxygen atoms in total. The summed E-state index contributed by atoms with van der Waals surface area (Å²) in [6.45, 7) is 10.1. The molecular formula is C25H27ClN4O. The van der Waals surface area contributed by atoms with Gasteiger partial charge in [-0.2, -0.15) is 0 Å². The molecular weight excluding hydrogens is 408 g/mol. The number of nitrogens with zero attached hydrogens (tertiary/aromatic N) is 3. The molecule has 1 fully saturated rings. The van der Waals surface area contributed by atoms with Gasteiger partial charge >= 0.3 is 0 Å². The average Bonchev–Trinajstić information content (AvgIpc) is 3.32. The van der Waals surface area contributed by atoms with E-state index >= 15 is 0 Å². The quantitative estimate of drug-likeness (QED) is 0.438. The molecule has 160 valence electrons. The Kier molecular flexibility index (Phi) is 6.42. The first-order valence-electron chi connectivity index (χ1n) is 10.6. The van der Waals surface area contributed by atoms with Gasteiger partial charge in [-0.3, -0.25) is 4.98 Å². The maximum atomic E-state index is 6.59. The van der Waals surface area contributed by atoms with Gasteiger partial charge in [0.05, 0.1) is 27.8 Å². The molecule has 31 heavy (non-hydrogen) atoms. The van der Waals surface area contributed by atoms with Gasteiger partial charge in [-0.15, -0.1) is 0 Å². The van der Waals surface area contributed by atoms with Crippen molar-refractivity contribution < 1.29 is 4.74 Å². The third-order valence-corrected chi connectivity index (χ3v) is 5.76. The lowest BCUT2D eigenvalue weighted by atomic mass is 10.1. The molecule has 1 aliphatic heterocycles. The van der Waals surface area contributed by atoms with Crippen molar-refractivity contribution in [2.75, 3.05) is 23.3 Å². The number of rotatable bonds is 7. The SMILES string of the molecule is C=C(Nc1cc(Cl)c(-c2ccc(N3CCCC3)cc2)nc1C)OC(C)c1ccccn1. The van der Waals surface area contributed by atoms with Gasteiger partial charge in [-0.1, -0.05) is 29.8 Å². The van der Waals surface area contributed by atoms with Gasteiger partial charge in [-0.25, -0.2) is 4.98 Å². The van der Waals surface area contributed by atoms with E-state index in [4.69, 9.17) is 21.3 Å². The van der Waals surface area contributed by atoms with Crippen LogP contribution >= 0.6 is 11.6 Å². The summed E-state index contributed by atoms with van der Waals surface area (Å²) in [6, 6.07) is 16.1. The van der Waals surface area contributed by atoms with Gasteiger partial charge in [0.1, 0.15) is 6.10 Å². The molecule has 0 aliphatic carbocycles. The van der Waals surface area contributed by atoms with E-state index in [2.05, 4.69) is 46.0 Å². The molecule has 1 N–H and O–H groups in total. The zero-order valence-corrected chi connectivity index (χ0v) is 18.7. The van der Waals surface area contributed by atoms with Crippen molar-refractivity contribution in [3.05, 3.63) is 83.6 Å². The molecule has 0 amide bonds. The lowest BCUT2D eigenvalue weighted by Gasteiger charge is -2.19. The smallest absolute Gasteiger partial charge is 0.184 e. The first kappa shape index (κ1) is 21.2. The molecule has 0 radical (unpaired) electrons. The van der Waals surface area contributed by atoms with Gasteiger partial charge in [0.2, 0.25) is 0 Å². The van der Waals surface area contributed by atoms with Gasteiger partial charge in [0.25, 0.3) is 0 Å². The fraction of sp³-hybridized carbons (Fsp3) is 0.280. The van der Waals surface area contributed by atoms with E-state index in [1.165, 1.54) is 18.5 Å². The minimum atomic E-state index is -0.224. The lowest BCUT2D eigenvalue weighted by Crippen LogP contribution is -2.17. The zero-order chi connectivity index (χ0) is 21.8. The van der Waals surface area contributed by atoms with Crippen LogP contribution < -0.4 is 10.2 Å². The number of hydrogen-bond donors (Lipinski definition) is 1. The predicted molar refractivity (Wildman–Crippen MR) is 127 cm³/mol. The highest BCUT2D eigenvalue weighted by atomic mass is 35.5. The summed E-state index contributed by atoms with van der Waals surface area (Å²) in [6.07, 6.45) is 4.05. The molecule has 1 atom stereocenters. The Hall–Kier alpha value is -3.05. The maximum Gasteiger partial charge on any atom is 0.184 e. The Morgan fingerprint density at radius 1 is 1.16 bits per heavy atom. The molecule has 1 aromatic carbocycles. The highest BCUT2D eigenvalue weighted by Gasteiger charge is 2.15. The van der Waals surface area contributed by atoms with E-state index in [9.17, 15) is 0 Å². The molecule has 3 aromatic rings. The monoisotopic (exact) mass is 434 g/mol. The van der Waals surface area contributed by atoms with E-state index in [0.717, 1.165) is 41.4 Å². The number of halogens is 1. The Bertz CT molecular complexity index is 1050. The summed E-state index contributed by atoms with van der Waals surface area (Å²) in [5.74, 6) is 0.418. The number of aromatic nitrogens is 2. The van der Waals surface area contributed by atoms with Crippen LogP contribution in [0.4, 0.5) is 11.4 Å². The number of hydrogen-bond acceptors (Lipinski definition) is 5. The van der Waals surface area contributed by atoms with E-state index in [-0.39, 0.29) is 6.10 Å². The summed E-state index contributed by atoms with van der Waals surface area (Å²) in [5, 5.41) is 3.75. The topological polar surface area (TPSA) is 50.3 Å². The minimum absolute atomic E-state index is 0.224. The van der Waals surface area contributed by atoms with E-state index in [1.807, 2.05) is 38.1 Å². The zero-order valence-electron chi connectivity index (χ0n) is 17.9. The molecule has 1 aliphatic rings. The van der Waals surface area contributed by atoms with Crippen LogP contribution in [0.25, 0.3) is 11.3 Å². The summed E-state index contributed by atoms with van der Waals surface area (Å²) in [5.41, 5.74) is 5.44. The molecule has 0 bridgehead atoms. The lowest BCUT2D eigenvalue weighted by molar-refractivity contribution is 0.134. The molecule has 3 heterocycles. The first-order chi connectivity index (χ1) is 15.0. The van der Waals surface area contributed by atoms with Crippen LogP contribution in [-0.4, -0.2) is 23.1 Å². The predicted octanol–water partition coefficient (Wildman–Crippen LogP) is 6.37. The molecule has 4 rings (SSSR count). The number of nitrogens with one attached hydrogen (secondary N) is 1. The second-order valence-electron chi connectivity index (χ2n) is 7.76. The molecule has 0 saturated carbocycles. The molecule has 2 aromatic heterocycles. The Labute approximate surface area is 188 Å². The van der Waals surface area contributed by atoms with Crippen molar-refractivity contribution in [1.29, 1.82) is 0 Å². The first-order valence-corrected chi connectivity index (χ1v) is 10.9. The maximum absolute atomic E-state index is 6.59. The van der Waals surface area contributed by atoms with E-state index in [1.54, 1.807) is 6.20 Å². The van der Waals surface area contributed by atoms with E-state index < -0.39 is 0 Å². The molecule has 0 spiro atoms. The van der Waals surface area contributed by atoms with Crippen LogP contribution in [-0.2, 0) is 4.74 Å². The number of pyridine rings is 2. The summed E-state index contributed by atoms with van der Waals surface area (Å²) >= 11 is 6.59. The second-order valence-corrected chi connectivity index (χ2v) is 8.16. The van der Waals surface area contributed by atoms with Gasteiger partial charge in [-0.05, 0) is 63.6 Å². The van der Waals surface area contributed by atoms with Gasteiger partial charge in [0.15, 0.2) is 5.88 Å². The van der Waals surface area contributed by atoms with Crippen LogP contribution in [0.15, 0.2) is 67.2 Å². The Morgan fingerprint density at radius 3 is 2.58 bits per heavy atom. The van der Waals surface area contributed by atoms with Crippen molar-refractivity contribution in [3.8, 4) is 11.3 Å². The van der Waals surface area contributed by atoms with Crippen LogP contribution in [0.3, 0.4) is 0 Å². The molecule has 1 saturated heterocycles. The van der Waals surface area contributed by atoms with Crippen LogP contribution in [0, 0.1) is 6.92 Å². The minimum Gasteiger partial charge on any atom is -0.470 e. The van der Waals surface area contributed by atoms with Crippen molar-refractivity contribution in [3.63, 3.8) is 0 Å². The highest BCUT2D eigenvalue weighted by Crippen LogP contribution is 2.32. The number of benzene rings is 1.